The summed E-state index contributed by atoms with van der Waals surface area (Å²) in [6.07, 6.45) is 6.23. The van der Waals surface area contributed by atoms with Crippen molar-refractivity contribution in [2.45, 2.75) is 39.0 Å². The van der Waals surface area contributed by atoms with Crippen molar-refractivity contribution in [3.05, 3.63) is 0 Å². The highest BCUT2D eigenvalue weighted by Gasteiger charge is 1.87. The van der Waals surface area contributed by atoms with Gasteiger partial charge in [-0.15, -0.1) is 0 Å². The summed E-state index contributed by atoms with van der Waals surface area (Å²) in [6.45, 7) is 2.92. The minimum Gasteiger partial charge on any atom is -0.352 e. The summed E-state index contributed by atoms with van der Waals surface area (Å²) in [5, 5.41) is 0. The zero-order chi connectivity index (χ0) is 7.66. The van der Waals surface area contributed by atoms with Crippen molar-refractivity contribution in [2.24, 2.45) is 0 Å². The molecule has 0 saturated carbocycles. The van der Waals surface area contributed by atoms with E-state index >= 15 is 0 Å². The van der Waals surface area contributed by atoms with Gasteiger partial charge >= 0.3 is 0 Å². The SMILES string of the molecule is CCCCCCCOPO. The quantitative estimate of drug-likeness (QED) is 0.462. The largest absolute Gasteiger partial charge is 0.352 e. The van der Waals surface area contributed by atoms with Crippen LogP contribution in [0.5, 0.6) is 0 Å². The maximum atomic E-state index is 8.27. The third kappa shape index (κ3) is 8.35. The number of unbranched alkanes of at least 4 members (excludes halogenated alkanes) is 4. The predicted octanol–water partition coefficient (Wildman–Crippen LogP) is 2.47. The molecule has 0 aliphatic carbocycles. The van der Waals surface area contributed by atoms with E-state index in [0.717, 1.165) is 13.0 Å². The molecule has 0 aromatic carbocycles. The molecule has 0 aromatic heterocycles. The first-order chi connectivity index (χ1) is 4.91. The highest BCUT2D eigenvalue weighted by Crippen LogP contribution is 2.07. The Kier molecular flexibility index (Phi) is 9.68. The fourth-order valence-corrected chi connectivity index (χ4v) is 1.06. The van der Waals surface area contributed by atoms with Crippen LogP contribution in [0.3, 0.4) is 0 Å². The molecule has 0 saturated heterocycles. The second kappa shape index (κ2) is 9.35. The molecular weight excluding hydrogens is 147 g/mol. The topological polar surface area (TPSA) is 29.5 Å². The lowest BCUT2D eigenvalue weighted by molar-refractivity contribution is 0.313. The normalized spacial score (nSPS) is 11.4. The Bertz CT molecular complexity index is 51.6. The minimum absolute atomic E-state index is 0.330. The van der Waals surface area contributed by atoms with E-state index in [4.69, 9.17) is 9.42 Å². The van der Waals surface area contributed by atoms with Gasteiger partial charge in [-0.1, -0.05) is 32.6 Å². The maximum Gasteiger partial charge on any atom is 0.152 e. The van der Waals surface area contributed by atoms with Crippen molar-refractivity contribution in [3.63, 3.8) is 0 Å². The highest BCUT2D eigenvalue weighted by atomic mass is 31.1. The molecule has 0 aliphatic heterocycles. The average molecular weight is 164 g/mol. The molecule has 1 atom stereocenters. The van der Waals surface area contributed by atoms with Crippen LogP contribution in [-0.4, -0.2) is 11.5 Å². The first-order valence-electron chi connectivity index (χ1n) is 3.92. The summed E-state index contributed by atoms with van der Waals surface area (Å²) >= 11 is 0. The standard InChI is InChI=1S/C7H17O2P/c1-2-3-4-5-6-7-9-10-8/h8,10H,2-7H2,1H3. The molecule has 0 amide bonds. The maximum absolute atomic E-state index is 8.27. The van der Waals surface area contributed by atoms with Crippen molar-refractivity contribution < 1.29 is 9.42 Å². The first-order valence-corrected chi connectivity index (χ1v) is 4.78. The van der Waals surface area contributed by atoms with Crippen molar-refractivity contribution in [3.8, 4) is 0 Å². The smallest absolute Gasteiger partial charge is 0.152 e. The Morgan fingerprint density at radius 3 is 2.50 bits per heavy atom. The molecule has 3 heteroatoms. The Labute approximate surface area is 64.9 Å². The molecule has 0 fully saturated rings. The molecule has 0 aliphatic rings. The zero-order valence-corrected chi connectivity index (χ0v) is 7.60. The molecule has 0 aromatic rings. The van der Waals surface area contributed by atoms with Crippen LogP contribution in [0.4, 0.5) is 0 Å². The third-order valence-electron chi connectivity index (χ3n) is 1.41. The molecule has 10 heavy (non-hydrogen) atoms. The summed E-state index contributed by atoms with van der Waals surface area (Å²) in [7, 11) is -0.330. The van der Waals surface area contributed by atoms with E-state index in [0.29, 0.717) is 0 Å². The van der Waals surface area contributed by atoms with E-state index in [1.54, 1.807) is 0 Å². The first kappa shape index (κ1) is 10.3. The lowest BCUT2D eigenvalue weighted by Gasteiger charge is -1.98. The van der Waals surface area contributed by atoms with Crippen LogP contribution in [-0.2, 0) is 4.52 Å². The van der Waals surface area contributed by atoms with Gasteiger partial charge in [0.15, 0.2) is 9.03 Å². The van der Waals surface area contributed by atoms with E-state index in [1.807, 2.05) is 0 Å². The molecular formula is C7H17O2P. The lowest BCUT2D eigenvalue weighted by Crippen LogP contribution is -1.85. The molecule has 62 valence electrons. The van der Waals surface area contributed by atoms with Crippen LogP contribution in [0.25, 0.3) is 0 Å². The van der Waals surface area contributed by atoms with Crippen molar-refractivity contribution in [1.82, 2.24) is 0 Å². The molecule has 0 rings (SSSR count). The van der Waals surface area contributed by atoms with Gasteiger partial charge in [0.25, 0.3) is 0 Å². The van der Waals surface area contributed by atoms with E-state index < -0.39 is 0 Å². The monoisotopic (exact) mass is 164 g/mol. The molecule has 1 unspecified atom stereocenters. The van der Waals surface area contributed by atoms with Gasteiger partial charge in [-0.3, -0.25) is 0 Å². The summed E-state index contributed by atoms with van der Waals surface area (Å²) < 4.78 is 4.80. The van der Waals surface area contributed by atoms with Gasteiger partial charge in [0, 0.05) is 0 Å². The highest BCUT2D eigenvalue weighted by molar-refractivity contribution is 7.24. The molecule has 0 radical (unpaired) electrons. The Balaban J connectivity index is 2.65. The number of rotatable bonds is 7. The van der Waals surface area contributed by atoms with E-state index in [1.165, 1.54) is 25.7 Å². The summed E-state index contributed by atoms with van der Waals surface area (Å²) in [5.41, 5.74) is 0. The van der Waals surface area contributed by atoms with Crippen LogP contribution in [0, 0.1) is 0 Å². The summed E-state index contributed by atoms with van der Waals surface area (Å²) in [4.78, 5) is 8.27. The predicted molar refractivity (Wildman–Crippen MR) is 45.2 cm³/mol. The van der Waals surface area contributed by atoms with Crippen molar-refractivity contribution >= 4 is 9.03 Å². The summed E-state index contributed by atoms with van der Waals surface area (Å²) in [6, 6.07) is 0. The second-order valence-corrected chi connectivity index (χ2v) is 2.83. The van der Waals surface area contributed by atoms with Gasteiger partial charge in [0.05, 0.1) is 6.61 Å². The Hall–Kier alpha value is 0.350. The van der Waals surface area contributed by atoms with Gasteiger partial charge in [0.1, 0.15) is 0 Å². The van der Waals surface area contributed by atoms with E-state index in [-0.39, 0.29) is 9.03 Å². The molecule has 2 nitrogen and oxygen atoms in total. The van der Waals surface area contributed by atoms with Crippen LogP contribution in [0.15, 0.2) is 0 Å². The molecule has 0 bridgehead atoms. The molecule has 0 spiro atoms. The fourth-order valence-electron chi connectivity index (χ4n) is 0.823. The van der Waals surface area contributed by atoms with E-state index in [2.05, 4.69) is 6.92 Å². The number of hydrogen-bond acceptors (Lipinski definition) is 2. The van der Waals surface area contributed by atoms with Gasteiger partial charge in [-0.25, -0.2) is 0 Å². The lowest BCUT2D eigenvalue weighted by atomic mass is 10.2. The zero-order valence-electron chi connectivity index (χ0n) is 6.60. The number of hydrogen-bond donors (Lipinski definition) is 1. The van der Waals surface area contributed by atoms with Gasteiger partial charge in [-0.2, -0.15) is 0 Å². The van der Waals surface area contributed by atoms with Crippen LogP contribution < -0.4 is 0 Å². The van der Waals surface area contributed by atoms with Gasteiger partial charge < -0.3 is 9.42 Å². The van der Waals surface area contributed by atoms with Crippen LogP contribution >= 0.6 is 9.03 Å². The fraction of sp³-hybridized carbons (Fsp3) is 1.00. The van der Waals surface area contributed by atoms with E-state index in [9.17, 15) is 0 Å². The third-order valence-corrected chi connectivity index (χ3v) is 1.75. The minimum atomic E-state index is -0.330. The van der Waals surface area contributed by atoms with Gasteiger partial charge in [-0.05, 0) is 6.42 Å². The van der Waals surface area contributed by atoms with Crippen LogP contribution in [0.1, 0.15) is 39.0 Å². The molecule has 1 N–H and O–H groups in total. The second-order valence-electron chi connectivity index (χ2n) is 2.35. The van der Waals surface area contributed by atoms with Crippen LogP contribution in [0.2, 0.25) is 0 Å². The Morgan fingerprint density at radius 1 is 1.20 bits per heavy atom. The molecule has 0 heterocycles. The summed E-state index contributed by atoms with van der Waals surface area (Å²) in [5.74, 6) is 0. The van der Waals surface area contributed by atoms with Crippen molar-refractivity contribution in [2.75, 3.05) is 6.61 Å². The Morgan fingerprint density at radius 2 is 1.90 bits per heavy atom. The van der Waals surface area contributed by atoms with Crippen molar-refractivity contribution in [1.29, 1.82) is 0 Å². The average Bonchev–Trinajstić information content (AvgIpc) is 1.97. The van der Waals surface area contributed by atoms with Gasteiger partial charge in [0.2, 0.25) is 0 Å².